The number of nitrogens with one attached hydrogen (secondary N) is 1. The maximum atomic E-state index is 13.2. The molecule has 6 nitrogen and oxygen atoms in total. The van der Waals surface area contributed by atoms with Gasteiger partial charge in [-0.05, 0) is 64.3 Å². The predicted octanol–water partition coefficient (Wildman–Crippen LogP) is 8.00. The number of ether oxygens (including phenoxy) is 2. The molecule has 0 spiro atoms. The fraction of sp³-hybridized carbons (Fsp3) is 0.400. The number of halogens is 2. The zero-order valence-electron chi connectivity index (χ0n) is 23.3. The molecule has 3 heterocycles. The van der Waals surface area contributed by atoms with Crippen LogP contribution in [0.15, 0.2) is 54.5 Å². The SMILES string of the molecule is CC/C=C/C=C\C(=C(/C)OC(F)F)c1cc(NCc2cccnc2OC)c2c(n1)c(C)c(CC)n2C(C)C. The first-order valence-electron chi connectivity index (χ1n) is 13.0. The summed E-state index contributed by atoms with van der Waals surface area (Å²) in [5, 5.41) is 3.56. The Morgan fingerprint density at radius 1 is 1.21 bits per heavy atom. The van der Waals surface area contributed by atoms with Gasteiger partial charge < -0.3 is 19.4 Å². The Labute approximate surface area is 224 Å². The summed E-state index contributed by atoms with van der Waals surface area (Å²) < 4.78 is 39.0. The van der Waals surface area contributed by atoms with Crippen molar-refractivity contribution in [2.45, 2.75) is 73.6 Å². The number of nitrogens with zero attached hydrogens (tertiary/aromatic N) is 3. The number of alkyl halides is 2. The summed E-state index contributed by atoms with van der Waals surface area (Å²) in [6.45, 7) is 9.59. The average Bonchev–Trinajstić information content (AvgIpc) is 3.18. The second-order valence-corrected chi connectivity index (χ2v) is 9.21. The first-order chi connectivity index (χ1) is 18.2. The van der Waals surface area contributed by atoms with Crippen molar-refractivity contribution in [3.05, 3.63) is 77.0 Å². The molecule has 8 heteroatoms. The van der Waals surface area contributed by atoms with E-state index in [1.54, 1.807) is 26.3 Å². The van der Waals surface area contributed by atoms with Crippen LogP contribution in [-0.2, 0) is 17.7 Å². The number of pyridine rings is 2. The average molecular weight is 525 g/mol. The number of hydrogen-bond donors (Lipinski definition) is 1. The first-order valence-corrected chi connectivity index (χ1v) is 13.0. The number of hydrogen-bond acceptors (Lipinski definition) is 5. The number of aryl methyl sites for hydroxylation is 1. The first kappa shape index (κ1) is 28.9. The Balaban J connectivity index is 2.27. The minimum Gasteiger partial charge on any atom is -0.481 e. The minimum atomic E-state index is -2.93. The second-order valence-electron chi connectivity index (χ2n) is 9.21. The van der Waals surface area contributed by atoms with E-state index in [4.69, 9.17) is 14.5 Å². The molecule has 0 radical (unpaired) electrons. The Hall–Kier alpha value is -3.68. The van der Waals surface area contributed by atoms with Gasteiger partial charge in [-0.2, -0.15) is 8.78 Å². The lowest BCUT2D eigenvalue weighted by atomic mass is 10.1. The van der Waals surface area contributed by atoms with Crippen LogP contribution in [0.4, 0.5) is 14.5 Å². The third kappa shape index (κ3) is 6.41. The lowest BCUT2D eigenvalue weighted by molar-refractivity contribution is -0.0946. The van der Waals surface area contributed by atoms with E-state index in [9.17, 15) is 8.78 Å². The van der Waals surface area contributed by atoms with Gasteiger partial charge >= 0.3 is 6.61 Å². The third-order valence-corrected chi connectivity index (χ3v) is 6.34. The van der Waals surface area contributed by atoms with Crippen molar-refractivity contribution < 1.29 is 18.3 Å². The summed E-state index contributed by atoms with van der Waals surface area (Å²) in [7, 11) is 1.59. The fourth-order valence-electron chi connectivity index (χ4n) is 4.65. The quantitative estimate of drug-likeness (QED) is 0.192. The van der Waals surface area contributed by atoms with Crippen LogP contribution >= 0.6 is 0 Å². The third-order valence-electron chi connectivity index (χ3n) is 6.34. The summed E-state index contributed by atoms with van der Waals surface area (Å²) in [5.41, 5.74) is 6.84. The molecule has 0 saturated carbocycles. The van der Waals surface area contributed by atoms with E-state index in [0.29, 0.717) is 23.7 Å². The molecule has 0 amide bonds. The van der Waals surface area contributed by atoms with E-state index in [0.717, 1.165) is 40.7 Å². The van der Waals surface area contributed by atoms with Crippen molar-refractivity contribution in [2.24, 2.45) is 0 Å². The van der Waals surface area contributed by atoms with Crippen molar-refractivity contribution in [3.63, 3.8) is 0 Å². The molecule has 0 saturated heterocycles. The monoisotopic (exact) mass is 524 g/mol. The molecule has 0 aliphatic heterocycles. The molecule has 38 heavy (non-hydrogen) atoms. The number of rotatable bonds is 12. The smallest absolute Gasteiger partial charge is 0.387 e. The molecule has 3 rings (SSSR count). The van der Waals surface area contributed by atoms with Gasteiger partial charge in [-0.15, -0.1) is 0 Å². The van der Waals surface area contributed by atoms with E-state index in [2.05, 4.69) is 42.6 Å². The number of anilines is 1. The van der Waals surface area contributed by atoms with Crippen molar-refractivity contribution in [3.8, 4) is 5.88 Å². The topological polar surface area (TPSA) is 61.2 Å². The molecular formula is C30H38F2N4O2. The fourth-order valence-corrected chi connectivity index (χ4v) is 4.65. The van der Waals surface area contributed by atoms with Crippen LogP contribution < -0.4 is 10.1 Å². The minimum absolute atomic E-state index is 0.101. The Kier molecular flexibility index (Phi) is 10.0. The summed E-state index contributed by atoms with van der Waals surface area (Å²) >= 11 is 0. The summed E-state index contributed by atoms with van der Waals surface area (Å²) in [6.07, 6.45) is 10.9. The van der Waals surface area contributed by atoms with Gasteiger partial charge in [0.1, 0.15) is 5.76 Å². The number of allylic oxidation sites excluding steroid dienone is 6. The highest BCUT2D eigenvalue weighted by Gasteiger charge is 2.22. The van der Waals surface area contributed by atoms with Crippen LogP contribution in [-0.4, -0.2) is 28.3 Å². The highest BCUT2D eigenvalue weighted by Crippen LogP contribution is 2.36. The molecule has 3 aromatic rings. The Morgan fingerprint density at radius 3 is 2.61 bits per heavy atom. The summed E-state index contributed by atoms with van der Waals surface area (Å²) in [4.78, 5) is 9.31. The zero-order valence-corrected chi connectivity index (χ0v) is 23.3. The normalized spacial score (nSPS) is 12.8. The molecule has 0 aliphatic carbocycles. The molecule has 1 N–H and O–H groups in total. The van der Waals surface area contributed by atoms with Crippen molar-refractivity contribution in [1.29, 1.82) is 0 Å². The Morgan fingerprint density at radius 2 is 1.97 bits per heavy atom. The van der Waals surface area contributed by atoms with Crippen molar-refractivity contribution >= 4 is 22.3 Å². The van der Waals surface area contributed by atoms with Crippen LogP contribution in [0.1, 0.15) is 69.6 Å². The molecule has 0 atom stereocenters. The van der Waals surface area contributed by atoms with E-state index in [1.165, 1.54) is 5.69 Å². The molecule has 3 aromatic heterocycles. The highest BCUT2D eigenvalue weighted by molar-refractivity contribution is 5.95. The standard InChI is InChI=1S/C30H38F2N4O2/c1-8-10-11-12-15-23(21(6)38-30(31)32)24-17-25(34-18-22-14-13-16-33-29(22)37-7)28-27(35-24)20(5)26(9-2)36(28)19(3)4/h10-17,19,30H,8-9,18H2,1-7H3,(H,34,35)/b11-10+,15-12-,23-21-. The van der Waals surface area contributed by atoms with Crippen LogP contribution in [0.5, 0.6) is 5.88 Å². The molecule has 0 aliphatic rings. The lowest BCUT2D eigenvalue weighted by Crippen LogP contribution is -2.09. The van der Waals surface area contributed by atoms with Gasteiger partial charge in [-0.1, -0.05) is 38.1 Å². The van der Waals surface area contributed by atoms with Crippen molar-refractivity contribution in [2.75, 3.05) is 12.4 Å². The van der Waals surface area contributed by atoms with Crippen LogP contribution in [0.3, 0.4) is 0 Å². The number of aromatic nitrogens is 3. The van der Waals surface area contributed by atoms with Crippen LogP contribution in [0.2, 0.25) is 0 Å². The largest absolute Gasteiger partial charge is 0.481 e. The van der Waals surface area contributed by atoms with E-state index in [-0.39, 0.29) is 11.8 Å². The van der Waals surface area contributed by atoms with Crippen LogP contribution in [0, 0.1) is 6.92 Å². The predicted molar refractivity (Wildman–Crippen MR) is 151 cm³/mol. The molecule has 204 valence electrons. The second kappa shape index (κ2) is 13.2. The van der Waals surface area contributed by atoms with E-state index >= 15 is 0 Å². The van der Waals surface area contributed by atoms with Gasteiger partial charge in [0.15, 0.2) is 0 Å². The van der Waals surface area contributed by atoms with Gasteiger partial charge in [-0.3, -0.25) is 0 Å². The lowest BCUT2D eigenvalue weighted by Gasteiger charge is -2.18. The number of fused-ring (bicyclic) bond motifs is 1. The van der Waals surface area contributed by atoms with Gasteiger partial charge in [-0.25, -0.2) is 9.97 Å². The molecule has 0 aromatic carbocycles. The zero-order chi connectivity index (χ0) is 27.8. The molecular weight excluding hydrogens is 486 g/mol. The Bertz CT molecular complexity index is 1340. The molecule has 0 unspecified atom stereocenters. The van der Waals surface area contributed by atoms with Crippen molar-refractivity contribution in [1.82, 2.24) is 14.5 Å². The van der Waals surface area contributed by atoms with Crippen LogP contribution in [0.25, 0.3) is 16.6 Å². The molecule has 0 fully saturated rings. The van der Waals surface area contributed by atoms with Gasteiger partial charge in [0.2, 0.25) is 5.88 Å². The maximum absolute atomic E-state index is 13.2. The maximum Gasteiger partial charge on any atom is 0.387 e. The van der Waals surface area contributed by atoms with Gasteiger partial charge in [0.05, 0.1) is 29.5 Å². The van der Waals surface area contributed by atoms with E-state index in [1.807, 2.05) is 43.4 Å². The van der Waals surface area contributed by atoms with Gasteiger partial charge in [0, 0.05) is 35.6 Å². The summed E-state index contributed by atoms with van der Waals surface area (Å²) in [6, 6.07) is 5.92. The highest BCUT2D eigenvalue weighted by atomic mass is 19.3. The molecule has 0 bridgehead atoms. The number of methoxy groups -OCH3 is 1. The van der Waals surface area contributed by atoms with Gasteiger partial charge in [0.25, 0.3) is 0 Å². The van der Waals surface area contributed by atoms with E-state index < -0.39 is 6.61 Å². The summed E-state index contributed by atoms with van der Waals surface area (Å²) in [5.74, 6) is 0.645.